The molecule has 0 atom stereocenters. The second-order valence-electron chi connectivity index (χ2n) is 6.78. The maximum Gasteiger partial charge on any atom is 0.258 e. The number of anilines is 1. The number of amides is 1. The van der Waals surface area contributed by atoms with Crippen LogP contribution in [0.3, 0.4) is 0 Å². The zero-order valence-electron chi connectivity index (χ0n) is 16.6. The van der Waals surface area contributed by atoms with Gasteiger partial charge in [-0.25, -0.2) is 17.5 Å². The molecule has 0 aliphatic rings. The van der Waals surface area contributed by atoms with Gasteiger partial charge in [0.1, 0.15) is 5.82 Å². The Balaban J connectivity index is 1.71. The van der Waals surface area contributed by atoms with Crippen LogP contribution >= 0.6 is 0 Å². The van der Waals surface area contributed by atoms with Gasteiger partial charge in [0, 0.05) is 12.2 Å². The average Bonchev–Trinajstić information content (AvgIpc) is 2.75. The summed E-state index contributed by atoms with van der Waals surface area (Å²) in [6.07, 6.45) is 1.38. The van der Waals surface area contributed by atoms with Gasteiger partial charge in [0.25, 0.3) is 5.91 Å². The van der Waals surface area contributed by atoms with Crippen LogP contribution in [0.4, 0.5) is 10.1 Å². The average molecular weight is 427 g/mol. The third-order valence-corrected chi connectivity index (χ3v) is 6.12. The molecule has 0 saturated carbocycles. The number of sulfonamides is 1. The molecule has 0 heterocycles. The first-order chi connectivity index (χ1) is 14.4. The monoisotopic (exact) mass is 426 g/mol. The first-order valence-corrected chi connectivity index (χ1v) is 11.1. The molecule has 30 heavy (non-hydrogen) atoms. The van der Waals surface area contributed by atoms with Gasteiger partial charge in [-0.05, 0) is 54.3 Å². The highest BCUT2D eigenvalue weighted by Gasteiger charge is 2.19. The number of aryl methyl sites for hydroxylation is 1. The van der Waals surface area contributed by atoms with Crippen molar-refractivity contribution >= 4 is 21.6 Å². The highest BCUT2D eigenvalue weighted by atomic mass is 32.2. The Morgan fingerprint density at radius 2 is 1.63 bits per heavy atom. The minimum atomic E-state index is -3.88. The van der Waals surface area contributed by atoms with E-state index >= 15 is 0 Å². The fourth-order valence-corrected chi connectivity index (χ4v) is 3.98. The first kappa shape index (κ1) is 21.7. The van der Waals surface area contributed by atoms with E-state index in [4.69, 9.17) is 0 Å². The molecular formula is C23H23FN2O3S. The van der Waals surface area contributed by atoms with Gasteiger partial charge in [-0.15, -0.1) is 0 Å². The van der Waals surface area contributed by atoms with Crippen LogP contribution in [-0.2, 0) is 22.9 Å². The van der Waals surface area contributed by atoms with Crippen LogP contribution in [-0.4, -0.2) is 20.9 Å². The van der Waals surface area contributed by atoms with Gasteiger partial charge in [0.15, 0.2) is 0 Å². The van der Waals surface area contributed by atoms with Crippen molar-refractivity contribution in [1.82, 2.24) is 4.72 Å². The Morgan fingerprint density at radius 3 is 2.30 bits per heavy atom. The summed E-state index contributed by atoms with van der Waals surface area (Å²) in [5.74, 6) is -1.50. The second-order valence-corrected chi connectivity index (χ2v) is 8.55. The SMILES string of the molecule is CCc1ccc(NC(=O)c2cc(S(=O)(=O)NCCc3ccccc3)ccc2F)cc1. The zero-order valence-corrected chi connectivity index (χ0v) is 17.4. The lowest BCUT2D eigenvalue weighted by molar-refractivity contribution is 0.102. The largest absolute Gasteiger partial charge is 0.322 e. The summed E-state index contributed by atoms with van der Waals surface area (Å²) in [4.78, 5) is 12.3. The lowest BCUT2D eigenvalue weighted by Gasteiger charge is -2.10. The standard InChI is InChI=1S/C23H23FN2O3S/c1-2-17-8-10-19(11-9-17)26-23(27)21-16-20(12-13-22(21)24)30(28,29)25-15-14-18-6-4-3-5-7-18/h3-13,16,25H,2,14-15H2,1H3,(H,26,27). The number of nitrogens with one attached hydrogen (secondary N) is 2. The lowest BCUT2D eigenvalue weighted by atomic mass is 10.1. The maximum atomic E-state index is 14.2. The predicted octanol–water partition coefficient (Wildman–Crippen LogP) is 4.16. The molecule has 0 bridgehead atoms. The Morgan fingerprint density at radius 1 is 0.933 bits per heavy atom. The summed E-state index contributed by atoms with van der Waals surface area (Å²) >= 11 is 0. The van der Waals surface area contributed by atoms with Gasteiger partial charge in [-0.3, -0.25) is 4.79 Å². The fraction of sp³-hybridized carbons (Fsp3) is 0.174. The number of rotatable bonds is 8. The summed E-state index contributed by atoms with van der Waals surface area (Å²) in [6, 6.07) is 19.8. The molecule has 0 radical (unpaired) electrons. The predicted molar refractivity (Wildman–Crippen MR) is 116 cm³/mol. The summed E-state index contributed by atoms with van der Waals surface area (Å²) in [5.41, 5.74) is 2.27. The van der Waals surface area contributed by atoms with Crippen molar-refractivity contribution in [1.29, 1.82) is 0 Å². The Bertz CT molecular complexity index is 1110. The van der Waals surface area contributed by atoms with Crippen molar-refractivity contribution in [3.8, 4) is 0 Å². The Kier molecular flexibility index (Phi) is 6.97. The van der Waals surface area contributed by atoms with E-state index in [2.05, 4.69) is 10.0 Å². The van der Waals surface area contributed by atoms with Crippen LogP contribution in [0.25, 0.3) is 0 Å². The first-order valence-electron chi connectivity index (χ1n) is 9.62. The minimum absolute atomic E-state index is 0.163. The third-order valence-electron chi connectivity index (χ3n) is 4.66. The van der Waals surface area contributed by atoms with Crippen LogP contribution in [0.5, 0.6) is 0 Å². The smallest absolute Gasteiger partial charge is 0.258 e. The van der Waals surface area contributed by atoms with Gasteiger partial charge in [-0.2, -0.15) is 0 Å². The molecule has 7 heteroatoms. The summed E-state index contributed by atoms with van der Waals surface area (Å²) in [6.45, 7) is 2.21. The molecule has 0 spiro atoms. The van der Waals surface area contributed by atoms with Crippen LogP contribution < -0.4 is 10.0 Å². The quantitative estimate of drug-likeness (QED) is 0.568. The van der Waals surface area contributed by atoms with Gasteiger partial charge < -0.3 is 5.32 Å². The van der Waals surface area contributed by atoms with E-state index in [1.807, 2.05) is 49.4 Å². The lowest BCUT2D eigenvalue weighted by Crippen LogP contribution is -2.26. The molecule has 5 nitrogen and oxygen atoms in total. The molecule has 0 aliphatic heterocycles. The summed E-state index contributed by atoms with van der Waals surface area (Å²) < 4.78 is 41.9. The molecule has 0 aromatic heterocycles. The van der Waals surface area contributed by atoms with E-state index in [9.17, 15) is 17.6 Å². The molecule has 0 unspecified atom stereocenters. The number of carbonyl (C=O) groups is 1. The zero-order chi connectivity index (χ0) is 21.6. The molecule has 1 amide bonds. The fourth-order valence-electron chi connectivity index (χ4n) is 2.93. The van der Waals surface area contributed by atoms with Crippen molar-refractivity contribution in [2.45, 2.75) is 24.7 Å². The van der Waals surface area contributed by atoms with Crippen LogP contribution in [0.2, 0.25) is 0 Å². The van der Waals surface area contributed by atoms with E-state index in [-0.39, 0.29) is 17.0 Å². The molecule has 2 N–H and O–H groups in total. The number of benzene rings is 3. The molecule has 0 saturated heterocycles. The number of carbonyl (C=O) groups excluding carboxylic acids is 1. The van der Waals surface area contributed by atoms with Crippen molar-refractivity contribution in [3.05, 3.63) is 95.3 Å². The van der Waals surface area contributed by atoms with Gasteiger partial charge in [-0.1, -0.05) is 49.4 Å². The second kappa shape index (κ2) is 9.65. The van der Waals surface area contributed by atoms with Crippen LogP contribution in [0, 0.1) is 5.82 Å². The maximum absolute atomic E-state index is 14.2. The molecular weight excluding hydrogens is 403 g/mol. The normalized spacial score (nSPS) is 11.3. The molecule has 3 aromatic carbocycles. The van der Waals surface area contributed by atoms with Crippen molar-refractivity contribution < 1.29 is 17.6 Å². The summed E-state index contributed by atoms with van der Waals surface area (Å²) in [7, 11) is -3.88. The van der Waals surface area contributed by atoms with Crippen LogP contribution in [0.15, 0.2) is 77.7 Å². The topological polar surface area (TPSA) is 75.3 Å². The highest BCUT2D eigenvalue weighted by Crippen LogP contribution is 2.18. The van der Waals surface area contributed by atoms with Gasteiger partial charge >= 0.3 is 0 Å². The molecule has 3 aromatic rings. The van der Waals surface area contributed by atoms with Gasteiger partial charge in [0.05, 0.1) is 10.5 Å². The Labute approximate surface area is 176 Å². The van der Waals surface area contributed by atoms with Gasteiger partial charge in [0.2, 0.25) is 10.0 Å². The number of halogens is 1. The molecule has 0 fully saturated rings. The van der Waals surface area contributed by atoms with E-state index in [1.165, 1.54) is 0 Å². The molecule has 0 aliphatic carbocycles. The molecule has 156 valence electrons. The number of hydrogen-bond acceptors (Lipinski definition) is 3. The molecule has 3 rings (SSSR count). The van der Waals surface area contributed by atoms with E-state index in [0.717, 1.165) is 35.7 Å². The van der Waals surface area contributed by atoms with E-state index in [0.29, 0.717) is 12.1 Å². The summed E-state index contributed by atoms with van der Waals surface area (Å²) in [5, 5.41) is 2.60. The van der Waals surface area contributed by atoms with Crippen molar-refractivity contribution in [3.63, 3.8) is 0 Å². The van der Waals surface area contributed by atoms with E-state index < -0.39 is 21.7 Å². The Hall–Kier alpha value is -3.03. The van der Waals surface area contributed by atoms with Crippen LogP contribution in [0.1, 0.15) is 28.4 Å². The third kappa shape index (κ3) is 5.52. The highest BCUT2D eigenvalue weighted by molar-refractivity contribution is 7.89. The van der Waals surface area contributed by atoms with E-state index in [1.54, 1.807) is 12.1 Å². The van der Waals surface area contributed by atoms with Crippen molar-refractivity contribution in [2.75, 3.05) is 11.9 Å². The minimum Gasteiger partial charge on any atom is -0.322 e. The number of hydrogen-bond donors (Lipinski definition) is 2. The van der Waals surface area contributed by atoms with Crippen molar-refractivity contribution in [2.24, 2.45) is 0 Å².